The zero-order chi connectivity index (χ0) is 13.0. The molecular formula is C14H23N3O. The number of aryl methyl sites for hydroxylation is 1. The van der Waals surface area contributed by atoms with Gasteiger partial charge in [0.05, 0.1) is 0 Å². The molecule has 1 aliphatic rings. The van der Waals surface area contributed by atoms with Crippen LogP contribution in [0.4, 0.5) is 5.82 Å². The summed E-state index contributed by atoms with van der Waals surface area (Å²) in [6.07, 6.45) is 9.38. The Morgan fingerprint density at radius 2 is 2.22 bits per heavy atom. The third kappa shape index (κ3) is 2.92. The Bertz CT molecular complexity index is 441. The fourth-order valence-corrected chi connectivity index (χ4v) is 2.67. The first-order chi connectivity index (χ1) is 8.72. The third-order valence-electron chi connectivity index (χ3n) is 3.81. The molecule has 4 heteroatoms. The van der Waals surface area contributed by atoms with Gasteiger partial charge in [0.1, 0.15) is 0 Å². The predicted molar refractivity (Wildman–Crippen MR) is 73.8 cm³/mol. The monoisotopic (exact) mass is 249 g/mol. The summed E-state index contributed by atoms with van der Waals surface area (Å²) in [5.74, 6) is 1.14. The molecule has 0 radical (unpaired) electrons. The van der Waals surface area contributed by atoms with Gasteiger partial charge in [-0.1, -0.05) is 26.7 Å². The molecule has 1 aliphatic carbocycles. The van der Waals surface area contributed by atoms with Crippen LogP contribution in [0.15, 0.2) is 17.2 Å². The summed E-state index contributed by atoms with van der Waals surface area (Å²) in [4.78, 5) is 16.4. The van der Waals surface area contributed by atoms with Crippen molar-refractivity contribution in [3.63, 3.8) is 0 Å². The van der Waals surface area contributed by atoms with E-state index in [0.29, 0.717) is 17.8 Å². The van der Waals surface area contributed by atoms with Crippen LogP contribution in [-0.2, 0) is 6.54 Å². The number of hydrogen-bond donors (Lipinski definition) is 1. The minimum atomic E-state index is 0.0112. The Morgan fingerprint density at radius 3 is 2.94 bits per heavy atom. The van der Waals surface area contributed by atoms with Crippen molar-refractivity contribution in [2.24, 2.45) is 5.92 Å². The number of nitrogens with zero attached hydrogens (tertiary/aromatic N) is 2. The Balaban J connectivity index is 2.13. The fraction of sp³-hybridized carbons (Fsp3) is 0.714. The minimum absolute atomic E-state index is 0.0112. The first-order valence-electron chi connectivity index (χ1n) is 7.04. The van der Waals surface area contributed by atoms with Crippen LogP contribution < -0.4 is 10.9 Å². The van der Waals surface area contributed by atoms with Gasteiger partial charge in [-0.15, -0.1) is 0 Å². The molecule has 2 unspecified atom stereocenters. The maximum atomic E-state index is 12.2. The van der Waals surface area contributed by atoms with Crippen LogP contribution in [0.1, 0.15) is 46.0 Å². The van der Waals surface area contributed by atoms with Gasteiger partial charge in [0, 0.05) is 25.0 Å². The molecule has 0 bridgehead atoms. The summed E-state index contributed by atoms with van der Waals surface area (Å²) in [6, 6.07) is 0.399. The van der Waals surface area contributed by atoms with E-state index < -0.39 is 0 Å². The minimum Gasteiger partial charge on any atom is -0.362 e. The molecular weight excluding hydrogens is 226 g/mol. The summed E-state index contributed by atoms with van der Waals surface area (Å²) in [6.45, 7) is 5.09. The van der Waals surface area contributed by atoms with Crippen LogP contribution in [0.25, 0.3) is 0 Å². The standard InChI is InChI=1S/C14H23N3O/c1-3-9-17-10-8-15-13(14(17)18)16-12-7-5-4-6-11(12)2/h8,10-12H,3-7,9H2,1-2H3,(H,15,16). The highest BCUT2D eigenvalue weighted by molar-refractivity contribution is 5.32. The first kappa shape index (κ1) is 13.1. The summed E-state index contributed by atoms with van der Waals surface area (Å²) in [7, 11) is 0. The Morgan fingerprint density at radius 1 is 1.44 bits per heavy atom. The van der Waals surface area contributed by atoms with Crippen molar-refractivity contribution in [1.29, 1.82) is 0 Å². The van der Waals surface area contributed by atoms with Gasteiger partial charge in [0.15, 0.2) is 5.82 Å². The van der Waals surface area contributed by atoms with E-state index in [0.717, 1.165) is 19.4 Å². The molecule has 1 fully saturated rings. The topological polar surface area (TPSA) is 46.9 Å². The lowest BCUT2D eigenvalue weighted by atomic mass is 9.86. The van der Waals surface area contributed by atoms with Crippen LogP contribution in [0.5, 0.6) is 0 Å². The molecule has 0 aromatic carbocycles. The third-order valence-corrected chi connectivity index (χ3v) is 3.81. The van der Waals surface area contributed by atoms with Crippen molar-refractivity contribution in [1.82, 2.24) is 9.55 Å². The molecule has 1 aromatic heterocycles. The van der Waals surface area contributed by atoms with E-state index in [1.807, 2.05) is 0 Å². The lowest BCUT2D eigenvalue weighted by Crippen LogP contribution is -2.34. The smallest absolute Gasteiger partial charge is 0.293 e. The molecule has 0 spiro atoms. The largest absolute Gasteiger partial charge is 0.362 e. The van der Waals surface area contributed by atoms with Crippen LogP contribution in [0, 0.1) is 5.92 Å². The van der Waals surface area contributed by atoms with E-state index in [2.05, 4.69) is 24.1 Å². The van der Waals surface area contributed by atoms with Gasteiger partial charge in [-0.25, -0.2) is 4.98 Å². The van der Waals surface area contributed by atoms with E-state index >= 15 is 0 Å². The van der Waals surface area contributed by atoms with E-state index in [1.165, 1.54) is 19.3 Å². The van der Waals surface area contributed by atoms with Crippen LogP contribution in [-0.4, -0.2) is 15.6 Å². The van der Waals surface area contributed by atoms with Gasteiger partial charge in [-0.05, 0) is 25.2 Å². The molecule has 1 aromatic rings. The highest BCUT2D eigenvalue weighted by atomic mass is 16.1. The van der Waals surface area contributed by atoms with Crippen molar-refractivity contribution in [2.75, 3.05) is 5.32 Å². The van der Waals surface area contributed by atoms with E-state index in [4.69, 9.17) is 0 Å². The molecule has 1 N–H and O–H groups in total. The van der Waals surface area contributed by atoms with Gasteiger partial charge in [0.2, 0.25) is 0 Å². The molecule has 1 heterocycles. The quantitative estimate of drug-likeness (QED) is 0.892. The molecule has 1 saturated carbocycles. The first-order valence-corrected chi connectivity index (χ1v) is 7.04. The summed E-state index contributed by atoms with van der Waals surface area (Å²) >= 11 is 0. The average molecular weight is 249 g/mol. The molecule has 2 rings (SSSR count). The van der Waals surface area contributed by atoms with Crippen LogP contribution in [0.2, 0.25) is 0 Å². The molecule has 2 atom stereocenters. The maximum Gasteiger partial charge on any atom is 0.293 e. The van der Waals surface area contributed by atoms with Crippen molar-refractivity contribution in [2.45, 2.75) is 58.5 Å². The van der Waals surface area contributed by atoms with Crippen LogP contribution in [0.3, 0.4) is 0 Å². The molecule has 100 valence electrons. The summed E-state index contributed by atoms with van der Waals surface area (Å²) < 4.78 is 1.74. The zero-order valence-electron chi connectivity index (χ0n) is 11.4. The van der Waals surface area contributed by atoms with E-state index in [1.54, 1.807) is 17.0 Å². The molecule has 18 heavy (non-hydrogen) atoms. The van der Waals surface area contributed by atoms with Gasteiger partial charge in [0.25, 0.3) is 5.56 Å². The number of aromatic nitrogens is 2. The fourth-order valence-electron chi connectivity index (χ4n) is 2.67. The Hall–Kier alpha value is -1.32. The average Bonchev–Trinajstić information content (AvgIpc) is 2.37. The normalized spacial score (nSPS) is 23.9. The van der Waals surface area contributed by atoms with Crippen molar-refractivity contribution in [3.05, 3.63) is 22.7 Å². The highest BCUT2D eigenvalue weighted by Gasteiger charge is 2.22. The second-order valence-corrected chi connectivity index (χ2v) is 5.29. The van der Waals surface area contributed by atoms with Gasteiger partial charge < -0.3 is 9.88 Å². The maximum absolute atomic E-state index is 12.2. The Labute approximate surface area is 108 Å². The molecule has 0 aliphatic heterocycles. The van der Waals surface area contributed by atoms with Crippen LogP contribution >= 0.6 is 0 Å². The second kappa shape index (κ2) is 6.03. The van der Waals surface area contributed by atoms with E-state index in [-0.39, 0.29) is 5.56 Å². The summed E-state index contributed by atoms with van der Waals surface area (Å²) in [5, 5.41) is 3.35. The van der Waals surface area contributed by atoms with Gasteiger partial charge in [-0.2, -0.15) is 0 Å². The molecule has 4 nitrogen and oxygen atoms in total. The van der Waals surface area contributed by atoms with Gasteiger partial charge in [-0.3, -0.25) is 4.79 Å². The van der Waals surface area contributed by atoms with Crippen molar-refractivity contribution in [3.8, 4) is 0 Å². The predicted octanol–water partition coefficient (Wildman–Crippen LogP) is 2.64. The lowest BCUT2D eigenvalue weighted by Gasteiger charge is -2.29. The number of rotatable bonds is 4. The second-order valence-electron chi connectivity index (χ2n) is 5.29. The number of hydrogen-bond acceptors (Lipinski definition) is 3. The number of nitrogens with one attached hydrogen (secondary N) is 1. The van der Waals surface area contributed by atoms with E-state index in [9.17, 15) is 4.79 Å². The highest BCUT2D eigenvalue weighted by Crippen LogP contribution is 2.25. The molecule has 0 saturated heterocycles. The lowest BCUT2D eigenvalue weighted by molar-refractivity contribution is 0.348. The van der Waals surface area contributed by atoms with Gasteiger partial charge >= 0.3 is 0 Å². The molecule has 0 amide bonds. The van der Waals surface area contributed by atoms with Crippen molar-refractivity contribution < 1.29 is 0 Å². The summed E-state index contributed by atoms with van der Waals surface area (Å²) in [5.41, 5.74) is 0.0112. The number of anilines is 1. The zero-order valence-corrected chi connectivity index (χ0v) is 11.4. The van der Waals surface area contributed by atoms with Crippen molar-refractivity contribution >= 4 is 5.82 Å². The Kier molecular flexibility index (Phi) is 4.39. The SMILES string of the molecule is CCCn1ccnc(NC2CCCCC2C)c1=O.